The van der Waals surface area contributed by atoms with Gasteiger partial charge < -0.3 is 28.8 Å². The lowest BCUT2D eigenvalue weighted by Gasteiger charge is -2.30. The van der Waals surface area contributed by atoms with Gasteiger partial charge in [-0.15, -0.1) is 0 Å². The third kappa shape index (κ3) is 44.8. The number of rotatable bonds is 46. The second-order valence-electron chi connectivity index (χ2n) is 18.5. The Hall–Kier alpha value is -1.02. The van der Waals surface area contributed by atoms with Gasteiger partial charge in [0.1, 0.15) is 13.2 Å². The van der Waals surface area contributed by atoms with Crippen LogP contribution in [0.15, 0.2) is 24.3 Å². The summed E-state index contributed by atoms with van der Waals surface area (Å²) in [6.45, 7) is 4.66. The quantitative estimate of drug-likeness (QED) is 0.0273. The molecule has 0 saturated heterocycles. The Morgan fingerprint density at radius 2 is 1.02 bits per heavy atom. The van der Waals surface area contributed by atoms with Crippen molar-refractivity contribution >= 4 is 13.7 Å². The number of hydrogen-bond acceptors (Lipinski definition) is 6. The van der Waals surface area contributed by atoms with Crippen LogP contribution in [0.25, 0.3) is 0 Å². The fourth-order valence-electron chi connectivity index (χ4n) is 7.43. The van der Waals surface area contributed by atoms with Crippen molar-refractivity contribution in [3.8, 4) is 0 Å². The summed E-state index contributed by atoms with van der Waals surface area (Å²) < 4.78 is 23.3. The predicted octanol–water partition coefficient (Wildman–Crippen LogP) is 13.8. The van der Waals surface area contributed by atoms with Crippen LogP contribution in [0.1, 0.15) is 239 Å². The molecule has 8 nitrogen and oxygen atoms in total. The highest BCUT2D eigenvalue weighted by atomic mass is 31.2. The smallest absolute Gasteiger partial charge is 0.268 e. The van der Waals surface area contributed by atoms with Gasteiger partial charge in [-0.1, -0.05) is 218 Å². The Morgan fingerprint density at radius 3 is 1.47 bits per heavy atom. The number of amides is 1. The number of carbonyl (C=O) groups is 1. The van der Waals surface area contributed by atoms with E-state index in [4.69, 9.17) is 9.05 Å². The molecule has 0 spiro atoms. The lowest BCUT2D eigenvalue weighted by molar-refractivity contribution is -0.870. The monoisotopic (exact) mass is 855 g/mol. The molecule has 0 aliphatic rings. The number of allylic oxidation sites excluding steroid dienone is 4. The lowest BCUT2D eigenvalue weighted by atomic mass is 10.0. The zero-order chi connectivity index (χ0) is 43.6. The second kappa shape index (κ2) is 42.3. The number of phosphoric ester groups is 1. The number of aliphatic hydroxyl groups excluding tert-OH is 1. The van der Waals surface area contributed by atoms with E-state index in [0.29, 0.717) is 23.9 Å². The predicted molar refractivity (Wildman–Crippen MR) is 252 cm³/mol. The van der Waals surface area contributed by atoms with Gasteiger partial charge in [0.2, 0.25) is 5.91 Å². The van der Waals surface area contributed by atoms with E-state index >= 15 is 0 Å². The highest BCUT2D eigenvalue weighted by Gasteiger charge is 2.24. The molecular formula is C50H99N2O6P. The van der Waals surface area contributed by atoms with Gasteiger partial charge in [-0.2, -0.15) is 0 Å². The number of quaternary nitrogens is 1. The Balaban J connectivity index is 4.19. The molecule has 0 fully saturated rings. The topological polar surface area (TPSA) is 108 Å². The molecule has 2 N–H and O–H groups in total. The van der Waals surface area contributed by atoms with Crippen LogP contribution in [0.2, 0.25) is 0 Å². The van der Waals surface area contributed by atoms with Crippen molar-refractivity contribution in [1.29, 1.82) is 0 Å². The van der Waals surface area contributed by atoms with E-state index < -0.39 is 20.0 Å². The Bertz CT molecular complexity index is 1020. The number of nitrogens with one attached hydrogen (secondary N) is 1. The zero-order valence-electron chi connectivity index (χ0n) is 39.7. The van der Waals surface area contributed by atoms with Crippen molar-refractivity contribution in [2.45, 2.75) is 251 Å². The largest absolute Gasteiger partial charge is 0.756 e. The molecule has 0 aliphatic heterocycles. The number of aliphatic hydroxyl groups is 1. The molecule has 0 saturated carbocycles. The van der Waals surface area contributed by atoms with E-state index in [0.717, 1.165) is 70.6 Å². The summed E-state index contributed by atoms with van der Waals surface area (Å²) in [7, 11) is 1.30. The molecule has 1 amide bonds. The molecular weight excluding hydrogens is 756 g/mol. The van der Waals surface area contributed by atoms with Gasteiger partial charge in [-0.3, -0.25) is 9.36 Å². The summed E-state index contributed by atoms with van der Waals surface area (Å²) in [5.74, 6) is -0.178. The summed E-state index contributed by atoms with van der Waals surface area (Å²) in [4.78, 5) is 25.4. The van der Waals surface area contributed by atoms with Crippen LogP contribution in [0.5, 0.6) is 0 Å². The van der Waals surface area contributed by atoms with E-state index in [9.17, 15) is 19.4 Å². The molecule has 0 aromatic carbocycles. The van der Waals surface area contributed by atoms with Crippen LogP contribution in [0.4, 0.5) is 0 Å². The Morgan fingerprint density at radius 1 is 0.593 bits per heavy atom. The minimum absolute atomic E-state index is 0.00999. The first-order valence-corrected chi connectivity index (χ1v) is 26.6. The van der Waals surface area contributed by atoms with Crippen LogP contribution < -0.4 is 10.2 Å². The second-order valence-corrected chi connectivity index (χ2v) is 19.9. The maximum atomic E-state index is 12.9. The van der Waals surface area contributed by atoms with Crippen molar-refractivity contribution in [2.24, 2.45) is 0 Å². The van der Waals surface area contributed by atoms with E-state index in [1.807, 2.05) is 21.1 Å². The summed E-state index contributed by atoms with van der Waals surface area (Å²) in [6.07, 6.45) is 50.5. The molecule has 3 atom stereocenters. The minimum Gasteiger partial charge on any atom is -0.756 e. The fourth-order valence-corrected chi connectivity index (χ4v) is 8.15. The van der Waals surface area contributed by atoms with Gasteiger partial charge in [0, 0.05) is 6.42 Å². The van der Waals surface area contributed by atoms with Crippen LogP contribution in [-0.2, 0) is 18.4 Å². The van der Waals surface area contributed by atoms with Gasteiger partial charge in [0.15, 0.2) is 0 Å². The van der Waals surface area contributed by atoms with Crippen LogP contribution in [0.3, 0.4) is 0 Å². The number of carbonyl (C=O) groups excluding carboxylic acids is 1. The molecule has 0 radical (unpaired) electrons. The first kappa shape index (κ1) is 58.0. The summed E-state index contributed by atoms with van der Waals surface area (Å²) in [6, 6.07) is -0.806. The molecule has 0 rings (SSSR count). The zero-order valence-corrected chi connectivity index (χ0v) is 40.6. The highest BCUT2D eigenvalue weighted by Crippen LogP contribution is 2.38. The average Bonchev–Trinajstić information content (AvgIpc) is 3.19. The fraction of sp³-hybridized carbons (Fsp3) is 0.900. The number of nitrogens with zero attached hydrogens (tertiary/aromatic N) is 1. The van der Waals surface area contributed by atoms with Crippen LogP contribution >= 0.6 is 7.82 Å². The molecule has 0 aliphatic carbocycles. The molecule has 0 heterocycles. The number of likely N-dealkylation sites (N-methyl/N-ethyl adjacent to an activating group) is 1. The SMILES string of the molecule is CCC/C=C\C/C=C\CCCCCCCC(=O)NC(COP(=O)([O-])OCC[N+](C)(C)C)C(O)CCCCCCCCCCCCCCCCCCCCCCCCCC. The molecule has 59 heavy (non-hydrogen) atoms. The van der Waals surface area contributed by atoms with Crippen LogP contribution in [-0.4, -0.2) is 68.5 Å². The van der Waals surface area contributed by atoms with Crippen molar-refractivity contribution < 1.29 is 32.9 Å². The summed E-state index contributed by atoms with van der Waals surface area (Å²) in [5.41, 5.74) is 0. The molecule has 0 aromatic heterocycles. The van der Waals surface area contributed by atoms with E-state index in [2.05, 4.69) is 43.5 Å². The Kier molecular flexibility index (Phi) is 41.6. The summed E-state index contributed by atoms with van der Waals surface area (Å²) >= 11 is 0. The van der Waals surface area contributed by atoms with Crippen molar-refractivity contribution in [3.63, 3.8) is 0 Å². The van der Waals surface area contributed by atoms with Crippen molar-refractivity contribution in [2.75, 3.05) is 40.9 Å². The van der Waals surface area contributed by atoms with Gasteiger partial charge in [-0.25, -0.2) is 0 Å². The molecule has 9 heteroatoms. The summed E-state index contributed by atoms with van der Waals surface area (Å²) in [5, 5.41) is 13.9. The Labute approximate surface area is 366 Å². The first-order valence-electron chi connectivity index (χ1n) is 25.2. The third-order valence-electron chi connectivity index (χ3n) is 11.4. The van der Waals surface area contributed by atoms with Crippen LogP contribution in [0, 0.1) is 0 Å². The third-order valence-corrected chi connectivity index (χ3v) is 12.4. The van der Waals surface area contributed by atoms with Crippen molar-refractivity contribution in [3.05, 3.63) is 24.3 Å². The van der Waals surface area contributed by atoms with Gasteiger partial charge in [0.05, 0.1) is 39.9 Å². The van der Waals surface area contributed by atoms with E-state index in [1.165, 1.54) is 141 Å². The van der Waals surface area contributed by atoms with Gasteiger partial charge in [0.25, 0.3) is 7.82 Å². The normalized spacial score (nSPS) is 14.4. The molecule has 0 aromatic rings. The molecule has 0 bridgehead atoms. The first-order chi connectivity index (χ1) is 28.5. The van der Waals surface area contributed by atoms with E-state index in [-0.39, 0.29) is 19.1 Å². The van der Waals surface area contributed by atoms with E-state index in [1.54, 1.807) is 0 Å². The number of phosphoric acid groups is 1. The number of hydrogen-bond donors (Lipinski definition) is 2. The minimum atomic E-state index is -4.57. The van der Waals surface area contributed by atoms with Crippen molar-refractivity contribution in [1.82, 2.24) is 5.32 Å². The molecule has 350 valence electrons. The molecule has 3 unspecified atom stereocenters. The maximum Gasteiger partial charge on any atom is 0.268 e. The average molecular weight is 855 g/mol. The number of unbranched alkanes of at least 4 members (excludes halogenated alkanes) is 29. The lowest BCUT2D eigenvalue weighted by Crippen LogP contribution is -2.46. The van der Waals surface area contributed by atoms with Gasteiger partial charge in [-0.05, 0) is 38.5 Å². The maximum absolute atomic E-state index is 12.9. The van der Waals surface area contributed by atoms with Gasteiger partial charge >= 0.3 is 0 Å². The standard InChI is InChI=1S/C50H99N2O6P/c1-6-8-10-12-14-16-18-20-21-22-23-24-25-26-27-28-29-30-32-33-35-37-39-41-43-49(53)48(47-58-59(55,56)57-46-45-52(3,4)5)51-50(54)44-42-40-38-36-34-31-19-17-15-13-11-9-7-2/h11,13,17,19,48-49,53H,6-10,12,14-16,18,20-47H2,1-5H3,(H-,51,54,55,56)/b13-11-,19-17-. The highest BCUT2D eigenvalue weighted by molar-refractivity contribution is 7.45.